The highest BCUT2D eigenvalue weighted by Gasteiger charge is 2.01. The van der Waals surface area contributed by atoms with Crippen molar-refractivity contribution in [3.63, 3.8) is 0 Å². The minimum Gasteiger partial charge on any atom is -0.379 e. The van der Waals surface area contributed by atoms with Crippen LogP contribution >= 0.6 is 0 Å². The first-order valence-corrected chi connectivity index (χ1v) is 8.92. The Labute approximate surface area is 122 Å². The maximum absolute atomic E-state index is 5.88. The summed E-state index contributed by atoms with van der Waals surface area (Å²) in [6.45, 7) is 7.76. The Morgan fingerprint density at radius 3 is 1.68 bits per heavy atom. The van der Waals surface area contributed by atoms with Crippen LogP contribution in [0.3, 0.4) is 0 Å². The summed E-state index contributed by atoms with van der Waals surface area (Å²) in [4.78, 5) is 0. The zero-order chi connectivity index (χ0) is 14.2. The zero-order valence-electron chi connectivity index (χ0n) is 13.9. The quantitative estimate of drug-likeness (QED) is 0.308. The molecule has 0 aromatic carbocycles. The monoisotopic (exact) mass is 270 g/mol. The number of hydrogen-bond acceptors (Lipinski definition) is 1. The number of ether oxygens (including phenoxy) is 1. The fraction of sp³-hybridized carbons (Fsp3) is 1.00. The third-order valence-corrected chi connectivity index (χ3v) is 3.86. The lowest BCUT2D eigenvalue weighted by atomic mass is 10.1. The molecule has 0 rings (SSSR count). The van der Waals surface area contributed by atoms with E-state index in [-0.39, 0.29) is 0 Å². The SMILES string of the molecule is CCCCCCCCOC(C)CCCCCCCC. The van der Waals surface area contributed by atoms with Crippen molar-refractivity contribution in [1.82, 2.24) is 0 Å². The molecule has 0 aromatic rings. The summed E-state index contributed by atoms with van der Waals surface area (Å²) in [5, 5.41) is 0. The molecule has 0 amide bonds. The fourth-order valence-corrected chi connectivity index (χ4v) is 2.46. The Hall–Kier alpha value is -0.0400. The van der Waals surface area contributed by atoms with E-state index >= 15 is 0 Å². The third-order valence-electron chi connectivity index (χ3n) is 3.86. The molecule has 0 spiro atoms. The topological polar surface area (TPSA) is 9.23 Å². The Morgan fingerprint density at radius 2 is 1.11 bits per heavy atom. The van der Waals surface area contributed by atoms with Gasteiger partial charge in [-0.25, -0.2) is 0 Å². The molecule has 19 heavy (non-hydrogen) atoms. The van der Waals surface area contributed by atoms with Gasteiger partial charge in [0, 0.05) is 6.61 Å². The molecule has 1 nitrogen and oxygen atoms in total. The predicted octanol–water partition coefficient (Wildman–Crippen LogP) is 6.50. The molecule has 0 saturated carbocycles. The van der Waals surface area contributed by atoms with E-state index in [2.05, 4.69) is 20.8 Å². The molecule has 0 aliphatic rings. The summed E-state index contributed by atoms with van der Waals surface area (Å²) >= 11 is 0. The first-order valence-electron chi connectivity index (χ1n) is 8.92. The van der Waals surface area contributed by atoms with Crippen molar-refractivity contribution in [2.45, 2.75) is 110 Å². The minimum absolute atomic E-state index is 0.474. The molecule has 0 heterocycles. The molecule has 0 aliphatic carbocycles. The highest BCUT2D eigenvalue weighted by Crippen LogP contribution is 2.11. The second-order valence-electron chi connectivity index (χ2n) is 6.01. The van der Waals surface area contributed by atoms with Gasteiger partial charge in [0.2, 0.25) is 0 Å². The maximum atomic E-state index is 5.88. The Bertz CT molecular complexity index is 156. The number of rotatable bonds is 15. The van der Waals surface area contributed by atoms with Crippen molar-refractivity contribution in [2.24, 2.45) is 0 Å². The van der Waals surface area contributed by atoms with Crippen LogP contribution in [0, 0.1) is 0 Å². The summed E-state index contributed by atoms with van der Waals surface area (Å²) in [5.41, 5.74) is 0. The van der Waals surface area contributed by atoms with E-state index in [4.69, 9.17) is 4.74 Å². The molecule has 116 valence electrons. The average Bonchev–Trinajstić information content (AvgIpc) is 2.41. The lowest BCUT2D eigenvalue weighted by Gasteiger charge is -2.12. The Kier molecular flexibility index (Phi) is 16.0. The van der Waals surface area contributed by atoms with Gasteiger partial charge in [-0.05, 0) is 19.8 Å². The van der Waals surface area contributed by atoms with Gasteiger partial charge in [-0.1, -0.05) is 84.5 Å². The average molecular weight is 271 g/mol. The van der Waals surface area contributed by atoms with E-state index < -0.39 is 0 Å². The summed E-state index contributed by atoms with van der Waals surface area (Å²) in [6.07, 6.45) is 18.2. The molecule has 0 saturated heterocycles. The second-order valence-corrected chi connectivity index (χ2v) is 6.01. The maximum Gasteiger partial charge on any atom is 0.0547 e. The first kappa shape index (κ1) is 19.0. The first-order chi connectivity index (χ1) is 9.31. The molecule has 0 bridgehead atoms. The van der Waals surface area contributed by atoms with Gasteiger partial charge in [0.25, 0.3) is 0 Å². The van der Waals surface area contributed by atoms with E-state index in [1.165, 1.54) is 83.5 Å². The van der Waals surface area contributed by atoms with Crippen LogP contribution in [0.4, 0.5) is 0 Å². The smallest absolute Gasteiger partial charge is 0.0547 e. The van der Waals surface area contributed by atoms with Gasteiger partial charge in [0.05, 0.1) is 6.10 Å². The summed E-state index contributed by atoms with van der Waals surface area (Å²) in [5.74, 6) is 0. The summed E-state index contributed by atoms with van der Waals surface area (Å²) in [6, 6.07) is 0. The van der Waals surface area contributed by atoms with E-state index in [9.17, 15) is 0 Å². The van der Waals surface area contributed by atoms with Crippen molar-refractivity contribution in [3.05, 3.63) is 0 Å². The van der Waals surface area contributed by atoms with Crippen LogP contribution in [0.1, 0.15) is 104 Å². The molecular formula is C18H38O. The third kappa shape index (κ3) is 15.9. The molecule has 1 unspecified atom stereocenters. The van der Waals surface area contributed by atoms with Crippen LogP contribution in [-0.2, 0) is 4.74 Å². The highest BCUT2D eigenvalue weighted by molar-refractivity contribution is 4.53. The zero-order valence-corrected chi connectivity index (χ0v) is 13.9. The fourth-order valence-electron chi connectivity index (χ4n) is 2.46. The van der Waals surface area contributed by atoms with Crippen LogP contribution in [0.15, 0.2) is 0 Å². The van der Waals surface area contributed by atoms with Crippen molar-refractivity contribution in [2.75, 3.05) is 6.61 Å². The van der Waals surface area contributed by atoms with Crippen molar-refractivity contribution < 1.29 is 4.74 Å². The van der Waals surface area contributed by atoms with Gasteiger partial charge in [-0.3, -0.25) is 0 Å². The van der Waals surface area contributed by atoms with E-state index in [0.29, 0.717) is 6.10 Å². The van der Waals surface area contributed by atoms with Gasteiger partial charge in [0.1, 0.15) is 0 Å². The number of unbranched alkanes of at least 4 members (excludes halogenated alkanes) is 10. The lowest BCUT2D eigenvalue weighted by molar-refractivity contribution is 0.0557. The van der Waals surface area contributed by atoms with Crippen molar-refractivity contribution in [1.29, 1.82) is 0 Å². The molecule has 1 atom stereocenters. The number of hydrogen-bond donors (Lipinski definition) is 0. The van der Waals surface area contributed by atoms with Gasteiger partial charge in [-0.2, -0.15) is 0 Å². The second kappa shape index (κ2) is 16.0. The van der Waals surface area contributed by atoms with Crippen LogP contribution in [0.25, 0.3) is 0 Å². The van der Waals surface area contributed by atoms with Crippen LogP contribution in [0.5, 0.6) is 0 Å². The van der Waals surface area contributed by atoms with E-state index in [0.717, 1.165) is 6.61 Å². The van der Waals surface area contributed by atoms with Gasteiger partial charge < -0.3 is 4.74 Å². The Morgan fingerprint density at radius 1 is 0.632 bits per heavy atom. The molecule has 0 N–H and O–H groups in total. The lowest BCUT2D eigenvalue weighted by Crippen LogP contribution is -2.09. The van der Waals surface area contributed by atoms with Crippen LogP contribution in [0.2, 0.25) is 0 Å². The van der Waals surface area contributed by atoms with Crippen LogP contribution in [-0.4, -0.2) is 12.7 Å². The van der Waals surface area contributed by atoms with Crippen LogP contribution < -0.4 is 0 Å². The molecule has 1 heteroatoms. The molecular weight excluding hydrogens is 232 g/mol. The largest absolute Gasteiger partial charge is 0.379 e. The van der Waals surface area contributed by atoms with E-state index in [1.54, 1.807) is 0 Å². The molecule has 0 radical (unpaired) electrons. The summed E-state index contributed by atoms with van der Waals surface area (Å²) in [7, 11) is 0. The normalized spacial score (nSPS) is 12.8. The molecule has 0 fully saturated rings. The molecule has 0 aromatic heterocycles. The van der Waals surface area contributed by atoms with Gasteiger partial charge >= 0.3 is 0 Å². The highest BCUT2D eigenvalue weighted by atomic mass is 16.5. The van der Waals surface area contributed by atoms with Gasteiger partial charge in [-0.15, -0.1) is 0 Å². The van der Waals surface area contributed by atoms with Crippen molar-refractivity contribution in [3.8, 4) is 0 Å². The Balaban J connectivity index is 3.10. The molecule has 0 aliphatic heterocycles. The van der Waals surface area contributed by atoms with Crippen molar-refractivity contribution >= 4 is 0 Å². The summed E-state index contributed by atoms with van der Waals surface area (Å²) < 4.78 is 5.88. The van der Waals surface area contributed by atoms with Gasteiger partial charge in [0.15, 0.2) is 0 Å². The predicted molar refractivity (Wildman–Crippen MR) is 86.8 cm³/mol. The van der Waals surface area contributed by atoms with E-state index in [1.807, 2.05) is 0 Å². The minimum atomic E-state index is 0.474. The standard InChI is InChI=1S/C18H38O/c1-4-6-8-10-12-14-16-18(3)19-17-15-13-11-9-7-5-2/h18H,4-17H2,1-3H3.